The van der Waals surface area contributed by atoms with E-state index in [9.17, 15) is 20.1 Å². The number of para-hydroxylation sites is 2. The van der Waals surface area contributed by atoms with Crippen LogP contribution >= 0.6 is 0 Å². The van der Waals surface area contributed by atoms with E-state index in [1.54, 1.807) is 0 Å². The van der Waals surface area contributed by atoms with Crippen LogP contribution in [-0.2, 0) is 32.3 Å². The zero-order chi connectivity index (χ0) is 38.4. The van der Waals surface area contributed by atoms with Gasteiger partial charge in [0.2, 0.25) is 11.8 Å². The average Bonchev–Trinajstić information content (AvgIpc) is 3.11. The lowest BCUT2D eigenvalue weighted by atomic mass is 9.70. The van der Waals surface area contributed by atoms with Crippen molar-refractivity contribution in [2.45, 2.75) is 78.4 Å². The number of ketones is 2. The Balaban J connectivity index is 1.16. The van der Waals surface area contributed by atoms with Gasteiger partial charge in [0.15, 0.2) is 11.6 Å². The van der Waals surface area contributed by atoms with Gasteiger partial charge in [0, 0.05) is 48.0 Å². The van der Waals surface area contributed by atoms with Crippen LogP contribution in [0.15, 0.2) is 118 Å². The van der Waals surface area contributed by atoms with Gasteiger partial charge in [-0.2, -0.15) is 10.5 Å². The fraction of sp³-hybridized carbons (Fsp3) is 0.318. The van der Waals surface area contributed by atoms with Crippen molar-refractivity contribution in [3.63, 3.8) is 0 Å². The molecular weight excluding hydrogens is 681 g/mol. The Hall–Kier alpha value is -6.26. The summed E-state index contributed by atoms with van der Waals surface area (Å²) in [5.41, 5.74) is 16.2. The Morgan fingerprint density at radius 1 is 0.630 bits per heavy atom. The predicted octanol–water partition coefficient (Wildman–Crippen LogP) is 7.75. The van der Waals surface area contributed by atoms with Crippen molar-refractivity contribution >= 4 is 11.6 Å². The third kappa shape index (κ3) is 6.72. The van der Waals surface area contributed by atoms with Crippen LogP contribution in [-0.4, -0.2) is 11.6 Å². The van der Waals surface area contributed by atoms with Crippen LogP contribution in [0.4, 0.5) is 0 Å². The highest BCUT2D eigenvalue weighted by Crippen LogP contribution is 2.51. The number of Topliss-reactive ketones (excluding diaryl/α,β-unsaturated/α-hetero) is 2. The van der Waals surface area contributed by atoms with Crippen LogP contribution in [0.25, 0.3) is 0 Å². The first-order chi connectivity index (χ1) is 25.8. The second-order valence-electron chi connectivity index (χ2n) is 15.8. The molecule has 3 aromatic rings. The normalized spacial score (nSPS) is 21.7. The Morgan fingerprint density at radius 2 is 1.00 bits per heavy atom. The maximum atomic E-state index is 13.6. The van der Waals surface area contributed by atoms with Gasteiger partial charge in [0.1, 0.15) is 59.5 Å². The molecule has 2 aliphatic heterocycles. The van der Waals surface area contributed by atoms with Crippen LogP contribution in [0, 0.1) is 33.5 Å². The molecule has 2 heterocycles. The molecule has 2 unspecified atom stereocenters. The summed E-state index contributed by atoms with van der Waals surface area (Å²) >= 11 is 0. The van der Waals surface area contributed by atoms with Gasteiger partial charge in [0.25, 0.3) is 0 Å². The molecule has 0 aromatic heterocycles. The van der Waals surface area contributed by atoms with Crippen molar-refractivity contribution in [1.29, 1.82) is 10.5 Å². The smallest absolute Gasteiger partial charge is 0.205 e. The molecule has 0 amide bonds. The fourth-order valence-electron chi connectivity index (χ4n) is 8.04. The minimum absolute atomic E-state index is 0.00523. The number of benzene rings is 3. The molecule has 0 radical (unpaired) electrons. The number of carbonyl (C=O) groups excluding carboxylic acids is 2. The van der Waals surface area contributed by atoms with Gasteiger partial charge in [-0.3, -0.25) is 9.59 Å². The first-order valence-electron chi connectivity index (χ1n) is 18.0. The van der Waals surface area contributed by atoms with E-state index in [0.717, 1.165) is 11.1 Å². The molecule has 4 aliphatic rings. The maximum Gasteiger partial charge on any atom is 0.205 e. The van der Waals surface area contributed by atoms with E-state index in [0.29, 0.717) is 71.0 Å². The van der Waals surface area contributed by atoms with Gasteiger partial charge in [-0.25, -0.2) is 0 Å². The van der Waals surface area contributed by atoms with Gasteiger partial charge < -0.3 is 30.4 Å². The summed E-state index contributed by atoms with van der Waals surface area (Å²) in [6.45, 7) is 8.36. The molecule has 0 fully saturated rings. The number of nitrogens with two attached hydrogens (primary N) is 2. The number of nitrogens with zero attached hydrogens (tertiary/aromatic N) is 2. The highest BCUT2D eigenvalue weighted by atomic mass is 16.5. The van der Waals surface area contributed by atoms with E-state index in [4.69, 9.17) is 30.4 Å². The highest BCUT2D eigenvalue weighted by molar-refractivity contribution is 6.01. The molecule has 10 heteroatoms. The number of ether oxygens (including phenoxy) is 4. The largest absolute Gasteiger partial charge is 0.489 e. The van der Waals surface area contributed by atoms with Gasteiger partial charge >= 0.3 is 0 Å². The third-order valence-electron chi connectivity index (χ3n) is 10.5. The van der Waals surface area contributed by atoms with Gasteiger partial charge in [-0.15, -0.1) is 0 Å². The Kier molecular flexibility index (Phi) is 9.33. The summed E-state index contributed by atoms with van der Waals surface area (Å²) in [6.07, 6.45) is 1.69. The van der Waals surface area contributed by atoms with Gasteiger partial charge in [-0.05, 0) is 34.1 Å². The molecule has 0 bridgehead atoms. The van der Waals surface area contributed by atoms with Crippen molar-refractivity contribution in [2.24, 2.45) is 22.3 Å². The number of hydrogen-bond acceptors (Lipinski definition) is 10. The van der Waals surface area contributed by atoms with E-state index in [1.165, 1.54) is 0 Å². The van der Waals surface area contributed by atoms with Crippen molar-refractivity contribution in [1.82, 2.24) is 0 Å². The first-order valence-corrected chi connectivity index (χ1v) is 18.0. The van der Waals surface area contributed by atoms with Crippen molar-refractivity contribution in [3.8, 4) is 23.6 Å². The standard InChI is InChI=1S/C44H42N4O6/c1-43(2)17-31(49)39-35(19-43)53-41(47)29(21-45)37(39)27-13-7-9-15-33(27)51-23-25-11-5-6-12-26(25)24-52-34-16-10-8-14-28(34)38-30(22-46)42(48)54-36-20-44(3,4)18-32(50)40(36)38/h5-16,37-38H,17-20,23-24,47-48H2,1-4H3. The molecule has 0 saturated carbocycles. The minimum atomic E-state index is -0.724. The first kappa shape index (κ1) is 36.1. The van der Waals surface area contributed by atoms with E-state index >= 15 is 0 Å². The summed E-state index contributed by atoms with van der Waals surface area (Å²) in [6, 6.07) is 26.8. The molecule has 2 atom stereocenters. The summed E-state index contributed by atoms with van der Waals surface area (Å²) in [4.78, 5) is 27.2. The lowest BCUT2D eigenvalue weighted by Crippen LogP contribution is -2.33. The summed E-state index contributed by atoms with van der Waals surface area (Å²) in [5.74, 6) is 0.407. The van der Waals surface area contributed by atoms with Crippen LogP contribution in [0.2, 0.25) is 0 Å². The molecule has 54 heavy (non-hydrogen) atoms. The number of rotatable bonds is 8. The average molecular weight is 723 g/mol. The zero-order valence-corrected chi connectivity index (χ0v) is 30.8. The summed E-state index contributed by atoms with van der Waals surface area (Å²) in [5, 5.41) is 20.4. The van der Waals surface area contributed by atoms with E-state index in [2.05, 4.69) is 12.1 Å². The van der Waals surface area contributed by atoms with Crippen molar-refractivity contribution in [2.75, 3.05) is 0 Å². The van der Waals surface area contributed by atoms with Crippen molar-refractivity contribution in [3.05, 3.63) is 141 Å². The molecule has 3 aromatic carbocycles. The molecule has 7 rings (SSSR count). The van der Waals surface area contributed by atoms with E-state index in [1.807, 2.05) is 100 Å². The van der Waals surface area contributed by atoms with E-state index < -0.39 is 11.8 Å². The van der Waals surface area contributed by atoms with Crippen LogP contribution in [0.3, 0.4) is 0 Å². The van der Waals surface area contributed by atoms with Crippen molar-refractivity contribution < 1.29 is 28.5 Å². The minimum Gasteiger partial charge on any atom is -0.489 e. The molecule has 4 N–H and O–H groups in total. The molecule has 274 valence electrons. The zero-order valence-electron chi connectivity index (χ0n) is 30.8. The van der Waals surface area contributed by atoms with Crippen LogP contribution in [0.5, 0.6) is 11.5 Å². The van der Waals surface area contributed by atoms with Gasteiger partial charge in [-0.1, -0.05) is 88.4 Å². The number of carbonyl (C=O) groups is 2. The van der Waals surface area contributed by atoms with Crippen LogP contribution in [0.1, 0.15) is 87.5 Å². The molecule has 0 spiro atoms. The summed E-state index contributed by atoms with van der Waals surface area (Å²) in [7, 11) is 0. The van der Waals surface area contributed by atoms with Gasteiger partial charge in [0.05, 0.1) is 11.8 Å². The molecular formula is C44H42N4O6. The second kappa shape index (κ2) is 13.9. The monoisotopic (exact) mass is 722 g/mol. The quantitative estimate of drug-likeness (QED) is 0.234. The Bertz CT molecular complexity index is 2140. The van der Waals surface area contributed by atoms with E-state index in [-0.39, 0.29) is 58.5 Å². The molecule has 10 nitrogen and oxygen atoms in total. The topological polar surface area (TPSA) is 171 Å². The lowest BCUT2D eigenvalue weighted by molar-refractivity contribution is -0.119. The third-order valence-corrected chi connectivity index (χ3v) is 10.5. The Labute approximate surface area is 314 Å². The number of hydrogen-bond donors (Lipinski definition) is 2. The number of allylic oxidation sites excluding steroid dienone is 6. The second-order valence-corrected chi connectivity index (χ2v) is 15.8. The molecule has 2 aliphatic carbocycles. The predicted molar refractivity (Wildman–Crippen MR) is 199 cm³/mol. The summed E-state index contributed by atoms with van der Waals surface area (Å²) < 4.78 is 24.8. The SMILES string of the molecule is CC1(C)CC(=O)C2=C(C1)OC(N)=C(C#N)C2c1ccccc1OCc1ccccc1COc1ccccc1C1C(C#N)=C(N)OC2=C1C(=O)CC(C)(C)C2. The lowest BCUT2D eigenvalue weighted by Gasteiger charge is -2.37. The highest BCUT2D eigenvalue weighted by Gasteiger charge is 2.45. The fourth-order valence-corrected chi connectivity index (χ4v) is 8.04. The maximum absolute atomic E-state index is 13.6. The Morgan fingerprint density at radius 3 is 1.39 bits per heavy atom. The number of nitriles is 2. The molecule has 0 saturated heterocycles. The van der Waals surface area contributed by atoms with Crippen LogP contribution < -0.4 is 20.9 Å².